The van der Waals surface area contributed by atoms with Gasteiger partial charge < -0.3 is 16.4 Å². The van der Waals surface area contributed by atoms with Crippen molar-refractivity contribution in [2.45, 2.75) is 19.8 Å². The number of nitrogens with one attached hydrogen (secondary N) is 1. The summed E-state index contributed by atoms with van der Waals surface area (Å²) in [7, 11) is 2.21. The van der Waals surface area contributed by atoms with E-state index in [9.17, 15) is 0 Å². The van der Waals surface area contributed by atoms with E-state index in [1.54, 1.807) is 4.90 Å². The van der Waals surface area contributed by atoms with Crippen LogP contribution in [0.5, 0.6) is 0 Å². The lowest BCUT2D eigenvalue weighted by atomic mass is 10.1. The number of hydrogen-bond donors (Lipinski definition) is 3. The molecule has 15 heavy (non-hydrogen) atoms. The van der Waals surface area contributed by atoms with Gasteiger partial charge in [-0.25, -0.2) is 0 Å². The Labute approximate surface area is 92.1 Å². The number of aryl methyl sites for hydroxylation is 1. The van der Waals surface area contributed by atoms with E-state index in [4.69, 9.17) is 11.5 Å². The Morgan fingerprint density at radius 3 is 2.67 bits per heavy atom. The summed E-state index contributed by atoms with van der Waals surface area (Å²) in [5.74, 6) is 0. The lowest BCUT2D eigenvalue weighted by Crippen LogP contribution is -3.08. The van der Waals surface area contributed by atoms with Crippen LogP contribution in [0.4, 0.5) is 11.4 Å². The van der Waals surface area contributed by atoms with Crippen LogP contribution in [0.1, 0.15) is 18.9 Å². The highest BCUT2D eigenvalue weighted by Gasteiger charge is 2.02. The molecule has 0 heterocycles. The van der Waals surface area contributed by atoms with E-state index in [0.717, 1.165) is 24.2 Å². The monoisotopic (exact) mass is 208 g/mol. The van der Waals surface area contributed by atoms with Gasteiger partial charge in [-0.05, 0) is 37.1 Å². The fraction of sp³-hybridized carbons (Fsp3) is 0.500. The van der Waals surface area contributed by atoms with Crippen molar-refractivity contribution >= 4 is 11.4 Å². The fourth-order valence-electron chi connectivity index (χ4n) is 1.60. The van der Waals surface area contributed by atoms with Gasteiger partial charge in [0, 0.05) is 17.8 Å². The molecule has 0 amide bonds. The molecule has 5 N–H and O–H groups in total. The first-order valence-corrected chi connectivity index (χ1v) is 5.58. The van der Waals surface area contributed by atoms with Crippen LogP contribution in [0, 0.1) is 0 Å². The molecule has 3 nitrogen and oxygen atoms in total. The number of hydrogen-bond acceptors (Lipinski definition) is 2. The van der Waals surface area contributed by atoms with Crippen LogP contribution in [0.25, 0.3) is 0 Å². The minimum absolute atomic E-state index is 0.801. The highest BCUT2D eigenvalue weighted by Crippen LogP contribution is 2.16. The number of quaternary nitrogens is 1. The molecule has 0 spiro atoms. The molecule has 0 aromatic heterocycles. The van der Waals surface area contributed by atoms with Crippen molar-refractivity contribution in [3.05, 3.63) is 23.8 Å². The molecular weight excluding hydrogens is 186 g/mol. The predicted octanol–water partition coefficient (Wildman–Crippen LogP) is 0.318. The first kappa shape index (κ1) is 11.9. The summed E-state index contributed by atoms with van der Waals surface area (Å²) in [5.41, 5.74) is 14.4. The van der Waals surface area contributed by atoms with E-state index in [-0.39, 0.29) is 0 Å². The molecule has 0 aliphatic heterocycles. The van der Waals surface area contributed by atoms with Crippen molar-refractivity contribution in [3.63, 3.8) is 0 Å². The molecule has 0 aliphatic rings. The summed E-state index contributed by atoms with van der Waals surface area (Å²) in [6.07, 6.45) is 2.18. The Morgan fingerprint density at radius 1 is 1.27 bits per heavy atom. The third kappa shape index (κ3) is 3.80. The van der Waals surface area contributed by atoms with Crippen LogP contribution in [0.2, 0.25) is 0 Å². The molecule has 3 heteroatoms. The quantitative estimate of drug-likeness (QED) is 0.610. The van der Waals surface area contributed by atoms with E-state index < -0.39 is 0 Å². The molecule has 1 aromatic rings. The minimum Gasteiger partial charge on any atom is -0.399 e. The van der Waals surface area contributed by atoms with E-state index in [2.05, 4.69) is 14.0 Å². The second-order valence-corrected chi connectivity index (χ2v) is 4.12. The first-order valence-electron chi connectivity index (χ1n) is 5.58. The maximum atomic E-state index is 5.88. The van der Waals surface area contributed by atoms with Gasteiger partial charge in [-0.15, -0.1) is 0 Å². The van der Waals surface area contributed by atoms with E-state index >= 15 is 0 Å². The Hall–Kier alpha value is -1.22. The van der Waals surface area contributed by atoms with Crippen LogP contribution in [0.3, 0.4) is 0 Å². The molecule has 0 aliphatic carbocycles. The Kier molecular flexibility index (Phi) is 4.43. The van der Waals surface area contributed by atoms with Gasteiger partial charge in [0.05, 0.1) is 20.1 Å². The SMILES string of the molecule is CC[NH+](C)CCCc1cc(N)ccc1N. The average molecular weight is 208 g/mol. The standard InChI is InChI=1S/C12H21N3/c1-3-15(2)8-4-5-10-9-11(13)6-7-12(10)14/h6-7,9H,3-5,8,13-14H2,1-2H3/p+1. The van der Waals surface area contributed by atoms with Gasteiger partial charge in [-0.1, -0.05) is 0 Å². The number of anilines is 2. The summed E-state index contributed by atoms with van der Waals surface area (Å²) < 4.78 is 0. The highest BCUT2D eigenvalue weighted by molar-refractivity contribution is 5.55. The Bertz CT molecular complexity index is 310. The topological polar surface area (TPSA) is 56.5 Å². The maximum Gasteiger partial charge on any atom is 0.0772 e. The Balaban J connectivity index is 2.46. The smallest absolute Gasteiger partial charge is 0.0772 e. The zero-order valence-electron chi connectivity index (χ0n) is 9.72. The largest absolute Gasteiger partial charge is 0.399 e. The van der Waals surface area contributed by atoms with Crippen molar-refractivity contribution in [2.24, 2.45) is 0 Å². The molecule has 0 radical (unpaired) electrons. The molecule has 0 bridgehead atoms. The zero-order chi connectivity index (χ0) is 11.3. The summed E-state index contributed by atoms with van der Waals surface area (Å²) in [4.78, 5) is 1.55. The van der Waals surface area contributed by atoms with Crippen molar-refractivity contribution in [2.75, 3.05) is 31.6 Å². The second kappa shape index (κ2) is 5.61. The lowest BCUT2D eigenvalue weighted by molar-refractivity contribution is -0.877. The normalized spacial score (nSPS) is 12.7. The van der Waals surface area contributed by atoms with Gasteiger partial charge in [0.2, 0.25) is 0 Å². The second-order valence-electron chi connectivity index (χ2n) is 4.12. The molecule has 1 aromatic carbocycles. The van der Waals surface area contributed by atoms with Gasteiger partial charge in [-0.3, -0.25) is 0 Å². The van der Waals surface area contributed by atoms with Gasteiger partial charge >= 0.3 is 0 Å². The highest BCUT2D eigenvalue weighted by atomic mass is 15.1. The van der Waals surface area contributed by atoms with Crippen molar-refractivity contribution in [1.29, 1.82) is 0 Å². The summed E-state index contributed by atoms with van der Waals surface area (Å²) >= 11 is 0. The summed E-state index contributed by atoms with van der Waals surface area (Å²) in [6, 6.07) is 5.72. The number of rotatable bonds is 5. The van der Waals surface area contributed by atoms with Crippen LogP contribution < -0.4 is 16.4 Å². The molecule has 0 saturated heterocycles. The molecule has 1 unspecified atom stereocenters. The third-order valence-corrected chi connectivity index (χ3v) is 2.82. The maximum absolute atomic E-state index is 5.88. The summed E-state index contributed by atoms with van der Waals surface area (Å²) in [6.45, 7) is 4.56. The molecular formula is C12H22N3+. The van der Waals surface area contributed by atoms with Gasteiger partial charge in [0.15, 0.2) is 0 Å². The molecule has 84 valence electrons. The van der Waals surface area contributed by atoms with Crippen LogP contribution >= 0.6 is 0 Å². The first-order chi connectivity index (χ1) is 7.13. The molecule has 0 fully saturated rings. The van der Waals surface area contributed by atoms with E-state index in [0.29, 0.717) is 0 Å². The molecule has 1 rings (SSSR count). The summed E-state index contributed by atoms with van der Waals surface area (Å²) in [5, 5.41) is 0. The van der Waals surface area contributed by atoms with E-state index in [1.165, 1.54) is 18.7 Å². The van der Waals surface area contributed by atoms with Gasteiger partial charge in [-0.2, -0.15) is 0 Å². The van der Waals surface area contributed by atoms with Crippen molar-refractivity contribution in [1.82, 2.24) is 0 Å². The van der Waals surface area contributed by atoms with Crippen LogP contribution in [-0.2, 0) is 6.42 Å². The fourth-order valence-corrected chi connectivity index (χ4v) is 1.60. The predicted molar refractivity (Wildman–Crippen MR) is 65.9 cm³/mol. The number of nitrogens with two attached hydrogens (primary N) is 2. The van der Waals surface area contributed by atoms with Gasteiger partial charge in [0.1, 0.15) is 0 Å². The zero-order valence-corrected chi connectivity index (χ0v) is 9.72. The third-order valence-electron chi connectivity index (χ3n) is 2.82. The van der Waals surface area contributed by atoms with Crippen molar-refractivity contribution < 1.29 is 4.90 Å². The van der Waals surface area contributed by atoms with Gasteiger partial charge in [0.25, 0.3) is 0 Å². The number of benzene rings is 1. The Morgan fingerprint density at radius 2 is 2.00 bits per heavy atom. The number of nitrogen functional groups attached to an aromatic ring is 2. The van der Waals surface area contributed by atoms with Crippen LogP contribution in [0.15, 0.2) is 18.2 Å². The van der Waals surface area contributed by atoms with E-state index in [1.807, 2.05) is 18.2 Å². The minimum atomic E-state index is 0.801. The van der Waals surface area contributed by atoms with Crippen LogP contribution in [-0.4, -0.2) is 20.1 Å². The molecule has 0 saturated carbocycles. The average Bonchev–Trinajstić information content (AvgIpc) is 2.23. The van der Waals surface area contributed by atoms with Crippen molar-refractivity contribution in [3.8, 4) is 0 Å². The molecule has 1 atom stereocenters. The lowest BCUT2D eigenvalue weighted by Gasteiger charge is -2.11.